The predicted octanol–water partition coefficient (Wildman–Crippen LogP) is 1.33. The van der Waals surface area contributed by atoms with Crippen LogP contribution in [0.25, 0.3) is 0 Å². The van der Waals surface area contributed by atoms with E-state index in [0.717, 1.165) is 0 Å². The summed E-state index contributed by atoms with van der Waals surface area (Å²) in [5.41, 5.74) is 5.53. The van der Waals surface area contributed by atoms with Crippen LogP contribution in [0.1, 0.15) is 31.1 Å². The minimum atomic E-state index is -3.56. The molecular formula is C11H16N2O3S. The van der Waals surface area contributed by atoms with Gasteiger partial charge in [0.25, 0.3) is 5.91 Å². The molecule has 0 aliphatic carbocycles. The van der Waals surface area contributed by atoms with E-state index in [0.29, 0.717) is 0 Å². The van der Waals surface area contributed by atoms with Crippen molar-refractivity contribution >= 4 is 21.6 Å². The lowest BCUT2D eigenvalue weighted by atomic mass is 10.2. The Kier molecular flexibility index (Phi) is 3.47. The molecule has 0 spiro atoms. The number of sulfonamides is 1. The highest BCUT2D eigenvalue weighted by Crippen LogP contribution is 2.22. The standard InChI is InChI=1S/C11H16N2O3S/c1-11(2,3)17(15,16)13-9-7-5-4-6-8(9)10(12)14/h4-7,13H,1-3H3,(H2,12,14). The first kappa shape index (κ1) is 13.5. The fraction of sp³-hybridized carbons (Fsp3) is 0.364. The molecule has 1 aromatic carbocycles. The molecule has 0 saturated heterocycles. The van der Waals surface area contributed by atoms with Crippen LogP contribution >= 0.6 is 0 Å². The van der Waals surface area contributed by atoms with E-state index in [9.17, 15) is 13.2 Å². The average molecular weight is 256 g/mol. The summed E-state index contributed by atoms with van der Waals surface area (Å²) >= 11 is 0. The third kappa shape index (κ3) is 2.97. The zero-order valence-electron chi connectivity index (χ0n) is 10.0. The Morgan fingerprint density at radius 2 is 1.76 bits per heavy atom. The molecule has 0 fully saturated rings. The van der Waals surface area contributed by atoms with Gasteiger partial charge in [-0.1, -0.05) is 12.1 Å². The summed E-state index contributed by atoms with van der Waals surface area (Å²) in [6, 6.07) is 6.23. The van der Waals surface area contributed by atoms with Gasteiger partial charge < -0.3 is 5.73 Å². The number of primary amides is 1. The van der Waals surface area contributed by atoms with Crippen LogP contribution in [0.4, 0.5) is 5.69 Å². The van der Waals surface area contributed by atoms with Crippen molar-refractivity contribution in [1.82, 2.24) is 0 Å². The first-order valence-electron chi connectivity index (χ1n) is 5.06. The van der Waals surface area contributed by atoms with Crippen molar-refractivity contribution in [2.24, 2.45) is 5.73 Å². The SMILES string of the molecule is CC(C)(C)S(=O)(=O)Nc1ccccc1C(N)=O. The van der Waals surface area contributed by atoms with Crippen molar-refractivity contribution in [2.75, 3.05) is 4.72 Å². The third-order valence-electron chi connectivity index (χ3n) is 2.24. The molecule has 17 heavy (non-hydrogen) atoms. The van der Waals surface area contributed by atoms with E-state index in [2.05, 4.69) is 4.72 Å². The predicted molar refractivity (Wildman–Crippen MR) is 67.3 cm³/mol. The maximum absolute atomic E-state index is 11.9. The lowest BCUT2D eigenvalue weighted by Gasteiger charge is -2.21. The summed E-state index contributed by atoms with van der Waals surface area (Å²) in [6.45, 7) is 4.71. The molecule has 0 aromatic heterocycles. The van der Waals surface area contributed by atoms with Gasteiger partial charge in [-0.25, -0.2) is 8.42 Å². The van der Waals surface area contributed by atoms with Crippen LogP contribution in [-0.4, -0.2) is 19.1 Å². The van der Waals surface area contributed by atoms with Gasteiger partial charge in [-0.05, 0) is 32.9 Å². The second-order valence-corrected chi connectivity index (χ2v) is 7.06. The summed E-state index contributed by atoms with van der Waals surface area (Å²) < 4.78 is 25.3. The molecule has 0 bridgehead atoms. The van der Waals surface area contributed by atoms with Gasteiger partial charge >= 0.3 is 0 Å². The quantitative estimate of drug-likeness (QED) is 0.854. The van der Waals surface area contributed by atoms with Crippen molar-refractivity contribution in [2.45, 2.75) is 25.5 Å². The van der Waals surface area contributed by atoms with Crippen LogP contribution in [-0.2, 0) is 10.0 Å². The summed E-state index contributed by atoms with van der Waals surface area (Å²) in [4.78, 5) is 11.1. The number of nitrogens with two attached hydrogens (primary N) is 1. The minimum absolute atomic E-state index is 0.153. The number of rotatable bonds is 3. The summed E-state index contributed by atoms with van der Waals surface area (Å²) in [5.74, 6) is -0.669. The number of nitrogens with one attached hydrogen (secondary N) is 1. The molecule has 0 radical (unpaired) electrons. The van der Waals surface area contributed by atoms with Crippen molar-refractivity contribution < 1.29 is 13.2 Å². The Hall–Kier alpha value is -1.56. The topological polar surface area (TPSA) is 89.3 Å². The van der Waals surface area contributed by atoms with Crippen LogP contribution < -0.4 is 10.5 Å². The van der Waals surface area contributed by atoms with Crippen molar-refractivity contribution in [1.29, 1.82) is 0 Å². The van der Waals surface area contributed by atoms with E-state index in [1.54, 1.807) is 32.9 Å². The van der Waals surface area contributed by atoms with E-state index in [1.807, 2.05) is 0 Å². The number of hydrogen-bond donors (Lipinski definition) is 2. The summed E-state index contributed by atoms with van der Waals surface area (Å²) in [7, 11) is -3.56. The lowest BCUT2D eigenvalue weighted by Crippen LogP contribution is -2.34. The molecule has 0 saturated carbocycles. The average Bonchev–Trinajstić information content (AvgIpc) is 2.15. The normalized spacial score (nSPS) is 12.2. The second kappa shape index (κ2) is 4.37. The molecule has 3 N–H and O–H groups in total. The Morgan fingerprint density at radius 3 is 2.24 bits per heavy atom. The van der Waals surface area contributed by atoms with Crippen LogP contribution in [0.5, 0.6) is 0 Å². The van der Waals surface area contributed by atoms with Gasteiger partial charge in [-0.15, -0.1) is 0 Å². The highest BCUT2D eigenvalue weighted by atomic mass is 32.2. The lowest BCUT2D eigenvalue weighted by molar-refractivity contribution is 0.100. The third-order valence-corrected chi connectivity index (χ3v) is 4.34. The molecule has 0 aliphatic rings. The molecule has 94 valence electrons. The molecule has 0 aliphatic heterocycles. The number of carbonyl (C=O) groups excluding carboxylic acids is 1. The molecule has 5 nitrogen and oxygen atoms in total. The first-order valence-corrected chi connectivity index (χ1v) is 6.54. The van der Waals surface area contributed by atoms with Gasteiger partial charge in [0.05, 0.1) is 16.0 Å². The van der Waals surface area contributed by atoms with Gasteiger partial charge in [-0.3, -0.25) is 9.52 Å². The molecule has 6 heteroatoms. The van der Waals surface area contributed by atoms with Crippen molar-refractivity contribution in [3.05, 3.63) is 29.8 Å². The van der Waals surface area contributed by atoms with Crippen LogP contribution in [0.2, 0.25) is 0 Å². The Balaban J connectivity index is 3.18. The Morgan fingerprint density at radius 1 is 1.24 bits per heavy atom. The number of para-hydroxylation sites is 1. The van der Waals surface area contributed by atoms with Gasteiger partial charge in [0, 0.05) is 0 Å². The molecular weight excluding hydrogens is 240 g/mol. The van der Waals surface area contributed by atoms with Crippen molar-refractivity contribution in [3.8, 4) is 0 Å². The van der Waals surface area contributed by atoms with Crippen LogP contribution in [0.3, 0.4) is 0 Å². The van der Waals surface area contributed by atoms with Crippen molar-refractivity contribution in [3.63, 3.8) is 0 Å². The smallest absolute Gasteiger partial charge is 0.250 e. The number of carbonyl (C=O) groups is 1. The maximum atomic E-state index is 11.9. The molecule has 0 heterocycles. The molecule has 0 unspecified atom stereocenters. The zero-order chi connectivity index (χ0) is 13.3. The van der Waals surface area contributed by atoms with Crippen LogP contribution in [0, 0.1) is 0 Å². The number of amides is 1. The van der Waals surface area contributed by atoms with Gasteiger partial charge in [0.15, 0.2) is 0 Å². The van der Waals surface area contributed by atoms with E-state index < -0.39 is 20.7 Å². The maximum Gasteiger partial charge on any atom is 0.250 e. The monoisotopic (exact) mass is 256 g/mol. The molecule has 1 aromatic rings. The van der Waals surface area contributed by atoms with Gasteiger partial charge in [0.1, 0.15) is 0 Å². The minimum Gasteiger partial charge on any atom is -0.366 e. The molecule has 1 rings (SSSR count). The molecule has 0 atom stereocenters. The highest BCUT2D eigenvalue weighted by Gasteiger charge is 2.29. The Labute approximate surface area is 101 Å². The number of anilines is 1. The largest absolute Gasteiger partial charge is 0.366 e. The summed E-state index contributed by atoms with van der Waals surface area (Å²) in [5, 5.41) is 0. The summed E-state index contributed by atoms with van der Waals surface area (Å²) in [6.07, 6.45) is 0. The number of benzene rings is 1. The fourth-order valence-corrected chi connectivity index (χ4v) is 1.86. The van der Waals surface area contributed by atoms with Crippen LogP contribution in [0.15, 0.2) is 24.3 Å². The van der Waals surface area contributed by atoms with Gasteiger partial charge in [-0.2, -0.15) is 0 Å². The second-order valence-electron chi connectivity index (χ2n) is 4.63. The van der Waals surface area contributed by atoms with E-state index in [4.69, 9.17) is 5.73 Å². The highest BCUT2D eigenvalue weighted by molar-refractivity contribution is 7.94. The zero-order valence-corrected chi connectivity index (χ0v) is 10.8. The fourth-order valence-electron chi connectivity index (χ4n) is 1.08. The van der Waals surface area contributed by atoms with E-state index in [-0.39, 0.29) is 11.3 Å². The van der Waals surface area contributed by atoms with Gasteiger partial charge in [0.2, 0.25) is 10.0 Å². The molecule has 1 amide bonds. The number of hydrogen-bond acceptors (Lipinski definition) is 3. The van der Waals surface area contributed by atoms with E-state index >= 15 is 0 Å². The van der Waals surface area contributed by atoms with E-state index in [1.165, 1.54) is 12.1 Å². The first-order chi connectivity index (χ1) is 7.65. The Bertz CT molecular complexity index is 530.